The second kappa shape index (κ2) is 5.09. The largest absolute Gasteiger partial charge is 0.454 e. The minimum Gasteiger partial charge on any atom is -0.454 e. The van der Waals surface area contributed by atoms with E-state index in [-0.39, 0.29) is 6.79 Å². The number of thioether (sulfide) groups is 1. The fraction of sp³-hybridized carbons (Fsp3) is 0.167. The Hall–Kier alpha value is -2.55. The fourth-order valence-electron chi connectivity index (χ4n) is 1.86. The van der Waals surface area contributed by atoms with Gasteiger partial charge >= 0.3 is 0 Å². The van der Waals surface area contributed by atoms with Gasteiger partial charge in [0.25, 0.3) is 0 Å². The summed E-state index contributed by atoms with van der Waals surface area (Å²) in [4.78, 5) is 4.35. The normalized spacial score (nSPS) is 12.8. The molecule has 0 unspecified atom stereocenters. The van der Waals surface area contributed by atoms with Gasteiger partial charge in [0.1, 0.15) is 5.03 Å². The van der Waals surface area contributed by atoms with Crippen LogP contribution in [0, 0.1) is 0 Å². The molecule has 0 amide bonds. The van der Waals surface area contributed by atoms with Gasteiger partial charge in [-0.25, -0.2) is 0 Å². The molecular weight excluding hydrogens is 294 g/mol. The van der Waals surface area contributed by atoms with Crippen LogP contribution in [0.5, 0.6) is 11.5 Å². The van der Waals surface area contributed by atoms with E-state index < -0.39 is 0 Å². The molecule has 0 radical (unpaired) electrons. The molecule has 1 N–H and O–H groups in total. The number of aromatic amines is 1. The Morgan fingerprint density at radius 2 is 2.19 bits per heavy atom. The maximum absolute atomic E-state index is 5.33. The molecular formula is C12H9N5O3S. The summed E-state index contributed by atoms with van der Waals surface area (Å²) >= 11 is 1.46. The molecule has 4 rings (SSSR count). The highest BCUT2D eigenvalue weighted by molar-refractivity contribution is 7.98. The molecule has 21 heavy (non-hydrogen) atoms. The van der Waals surface area contributed by atoms with E-state index >= 15 is 0 Å². The van der Waals surface area contributed by atoms with Gasteiger partial charge in [-0.3, -0.25) is 0 Å². The summed E-state index contributed by atoms with van der Waals surface area (Å²) in [5.74, 6) is 2.99. The van der Waals surface area contributed by atoms with E-state index in [2.05, 4.69) is 25.6 Å². The number of nitrogens with one attached hydrogen (secondary N) is 1. The van der Waals surface area contributed by atoms with Crippen LogP contribution in [0.1, 0.15) is 5.89 Å². The van der Waals surface area contributed by atoms with Crippen LogP contribution in [-0.2, 0) is 5.75 Å². The molecule has 0 saturated carbocycles. The Morgan fingerprint density at radius 3 is 3.10 bits per heavy atom. The summed E-state index contributed by atoms with van der Waals surface area (Å²) in [5.41, 5.74) is 0.820. The maximum Gasteiger partial charge on any atom is 0.237 e. The quantitative estimate of drug-likeness (QED) is 0.729. The fourth-order valence-corrected chi connectivity index (χ4v) is 2.48. The molecule has 3 aromatic rings. The van der Waals surface area contributed by atoms with Crippen molar-refractivity contribution in [3.05, 3.63) is 30.3 Å². The van der Waals surface area contributed by atoms with Gasteiger partial charge in [0.15, 0.2) is 11.5 Å². The SMILES string of the molecule is c1cc2c(cc1-c1noc(CSc3cn[nH]n3)n1)OCO2. The van der Waals surface area contributed by atoms with Gasteiger partial charge in [0.2, 0.25) is 18.5 Å². The molecule has 1 aromatic carbocycles. The summed E-state index contributed by atoms with van der Waals surface area (Å²) in [5, 5.41) is 15.0. The summed E-state index contributed by atoms with van der Waals surface area (Å²) in [6.07, 6.45) is 1.64. The predicted octanol–water partition coefficient (Wildman–Crippen LogP) is 1.88. The lowest BCUT2D eigenvalue weighted by Crippen LogP contribution is -1.92. The number of ether oxygens (including phenoxy) is 2. The molecule has 1 aliphatic heterocycles. The van der Waals surface area contributed by atoms with Gasteiger partial charge in [-0.2, -0.15) is 15.3 Å². The third-order valence-electron chi connectivity index (χ3n) is 2.84. The molecule has 0 atom stereocenters. The maximum atomic E-state index is 5.33. The highest BCUT2D eigenvalue weighted by Crippen LogP contribution is 2.35. The number of hydrogen-bond acceptors (Lipinski definition) is 8. The second-order valence-electron chi connectivity index (χ2n) is 4.18. The van der Waals surface area contributed by atoms with Crippen LogP contribution in [0.2, 0.25) is 0 Å². The Labute approximate surface area is 122 Å². The summed E-state index contributed by atoms with van der Waals surface area (Å²) in [7, 11) is 0. The lowest BCUT2D eigenvalue weighted by Gasteiger charge is -1.97. The van der Waals surface area contributed by atoms with Crippen molar-refractivity contribution in [1.82, 2.24) is 25.6 Å². The van der Waals surface area contributed by atoms with Crippen molar-refractivity contribution in [1.29, 1.82) is 0 Å². The standard InChI is InChI=1S/C12H9N5O3S/c1-2-8-9(19-6-18-8)3-7(1)12-14-10(20-16-12)5-21-11-4-13-17-15-11/h1-4H,5-6H2,(H,13,15,17). The van der Waals surface area contributed by atoms with Crippen molar-refractivity contribution in [2.24, 2.45) is 0 Å². The first-order valence-electron chi connectivity index (χ1n) is 6.10. The van der Waals surface area contributed by atoms with Crippen LogP contribution >= 0.6 is 11.8 Å². The van der Waals surface area contributed by atoms with Crippen LogP contribution in [0.3, 0.4) is 0 Å². The summed E-state index contributed by atoms with van der Waals surface area (Å²) in [6.45, 7) is 0.241. The molecule has 0 saturated heterocycles. The Bertz CT molecular complexity index is 758. The average Bonchev–Trinajstić information content (AvgIpc) is 3.25. The van der Waals surface area contributed by atoms with E-state index in [1.807, 2.05) is 18.2 Å². The lowest BCUT2D eigenvalue weighted by molar-refractivity contribution is 0.174. The van der Waals surface area contributed by atoms with Crippen LogP contribution in [-0.4, -0.2) is 32.3 Å². The lowest BCUT2D eigenvalue weighted by atomic mass is 10.2. The first-order valence-corrected chi connectivity index (χ1v) is 7.08. The Morgan fingerprint density at radius 1 is 1.24 bits per heavy atom. The zero-order chi connectivity index (χ0) is 14.1. The van der Waals surface area contributed by atoms with Crippen LogP contribution < -0.4 is 9.47 Å². The molecule has 8 nitrogen and oxygen atoms in total. The summed E-state index contributed by atoms with van der Waals surface area (Å²) in [6, 6.07) is 5.53. The Balaban J connectivity index is 1.51. The number of benzene rings is 1. The molecule has 0 fully saturated rings. The first kappa shape index (κ1) is 12.2. The van der Waals surface area contributed by atoms with Gasteiger partial charge in [-0.15, -0.1) is 5.10 Å². The number of nitrogens with zero attached hydrogens (tertiary/aromatic N) is 4. The van der Waals surface area contributed by atoms with Crippen molar-refractivity contribution < 1.29 is 14.0 Å². The average molecular weight is 303 g/mol. The van der Waals surface area contributed by atoms with Crippen LogP contribution in [0.15, 0.2) is 33.9 Å². The minimum absolute atomic E-state index is 0.241. The van der Waals surface area contributed by atoms with Crippen molar-refractivity contribution in [3.63, 3.8) is 0 Å². The van der Waals surface area contributed by atoms with Crippen molar-refractivity contribution >= 4 is 11.8 Å². The number of H-pyrrole nitrogens is 1. The number of aromatic nitrogens is 5. The third kappa shape index (κ3) is 2.42. The number of hydrogen-bond donors (Lipinski definition) is 1. The predicted molar refractivity (Wildman–Crippen MR) is 71.8 cm³/mol. The number of rotatable bonds is 4. The van der Waals surface area contributed by atoms with Gasteiger partial charge in [0, 0.05) is 5.56 Å². The van der Waals surface area contributed by atoms with E-state index in [0.29, 0.717) is 23.2 Å². The van der Waals surface area contributed by atoms with Gasteiger partial charge in [-0.1, -0.05) is 16.9 Å². The van der Waals surface area contributed by atoms with Crippen molar-refractivity contribution in [2.75, 3.05) is 6.79 Å². The highest BCUT2D eigenvalue weighted by Gasteiger charge is 2.16. The van der Waals surface area contributed by atoms with Crippen molar-refractivity contribution in [2.45, 2.75) is 10.8 Å². The molecule has 0 aliphatic carbocycles. The van der Waals surface area contributed by atoms with E-state index in [1.54, 1.807) is 6.20 Å². The number of fused-ring (bicyclic) bond motifs is 1. The third-order valence-corrected chi connectivity index (χ3v) is 3.72. The first-order chi connectivity index (χ1) is 10.4. The molecule has 106 valence electrons. The van der Waals surface area contributed by atoms with Gasteiger partial charge < -0.3 is 14.0 Å². The Kier molecular flexibility index (Phi) is 2.96. The molecule has 3 heterocycles. The van der Waals surface area contributed by atoms with E-state index in [1.165, 1.54) is 11.8 Å². The second-order valence-corrected chi connectivity index (χ2v) is 5.17. The minimum atomic E-state index is 0.241. The van der Waals surface area contributed by atoms with E-state index in [4.69, 9.17) is 14.0 Å². The highest BCUT2D eigenvalue weighted by atomic mass is 32.2. The van der Waals surface area contributed by atoms with Crippen LogP contribution in [0.4, 0.5) is 0 Å². The summed E-state index contributed by atoms with van der Waals surface area (Å²) < 4.78 is 15.8. The molecule has 9 heteroatoms. The smallest absolute Gasteiger partial charge is 0.237 e. The molecule has 0 spiro atoms. The van der Waals surface area contributed by atoms with E-state index in [9.17, 15) is 0 Å². The molecule has 1 aliphatic rings. The van der Waals surface area contributed by atoms with Gasteiger partial charge in [0.05, 0.1) is 11.9 Å². The van der Waals surface area contributed by atoms with E-state index in [0.717, 1.165) is 16.3 Å². The molecule has 2 aromatic heterocycles. The van der Waals surface area contributed by atoms with Crippen LogP contribution in [0.25, 0.3) is 11.4 Å². The van der Waals surface area contributed by atoms with Gasteiger partial charge in [-0.05, 0) is 18.2 Å². The zero-order valence-electron chi connectivity index (χ0n) is 10.6. The zero-order valence-corrected chi connectivity index (χ0v) is 11.5. The topological polar surface area (TPSA) is 99.0 Å². The monoisotopic (exact) mass is 303 g/mol. The van der Waals surface area contributed by atoms with Crippen molar-refractivity contribution in [3.8, 4) is 22.9 Å². The molecule has 0 bridgehead atoms.